The number of ether oxygens (including phenoxy) is 1. The third kappa shape index (κ3) is 3.10. The predicted molar refractivity (Wildman–Crippen MR) is 72.8 cm³/mol. The van der Waals surface area contributed by atoms with Crippen LogP contribution in [-0.2, 0) is 0 Å². The highest BCUT2D eigenvalue weighted by molar-refractivity contribution is 5.45. The maximum Gasteiger partial charge on any atom is 0.273 e. The number of pyridine rings is 1. The van der Waals surface area contributed by atoms with Crippen LogP contribution in [0.4, 0.5) is 5.69 Å². The normalized spacial score (nSPS) is 11.9. The van der Waals surface area contributed by atoms with Gasteiger partial charge in [-0.1, -0.05) is 0 Å². The van der Waals surface area contributed by atoms with Gasteiger partial charge in [0.25, 0.3) is 5.69 Å². The quantitative estimate of drug-likeness (QED) is 0.683. The van der Waals surface area contributed by atoms with Crippen LogP contribution in [0, 0.1) is 17.0 Å². The largest absolute Gasteiger partial charge is 0.439 e. The van der Waals surface area contributed by atoms with Crippen LogP contribution in [0.3, 0.4) is 0 Å². The molecule has 1 aromatic heterocycles. The van der Waals surface area contributed by atoms with Crippen molar-refractivity contribution < 1.29 is 14.8 Å². The summed E-state index contributed by atoms with van der Waals surface area (Å²) in [4.78, 5) is 14.3. The minimum Gasteiger partial charge on any atom is -0.439 e. The van der Waals surface area contributed by atoms with Crippen LogP contribution < -0.4 is 4.74 Å². The number of hydrogen-bond donors (Lipinski definition) is 1. The fourth-order valence-electron chi connectivity index (χ4n) is 1.62. The van der Waals surface area contributed by atoms with Crippen LogP contribution in [0.2, 0.25) is 0 Å². The summed E-state index contributed by atoms with van der Waals surface area (Å²) < 4.78 is 5.54. The zero-order chi connectivity index (χ0) is 14.7. The molecule has 0 fully saturated rings. The highest BCUT2D eigenvalue weighted by Gasteiger charge is 2.11. The molecule has 0 spiro atoms. The molecular weight excluding hydrogens is 260 g/mol. The second-order valence-electron chi connectivity index (χ2n) is 4.41. The zero-order valence-corrected chi connectivity index (χ0v) is 11.1. The van der Waals surface area contributed by atoms with Gasteiger partial charge in [-0.2, -0.15) is 0 Å². The number of hydrogen-bond acceptors (Lipinski definition) is 5. The molecule has 1 atom stereocenters. The molecular formula is C14H14N2O4. The molecule has 0 amide bonds. The molecule has 0 aliphatic carbocycles. The zero-order valence-electron chi connectivity index (χ0n) is 11.1. The van der Waals surface area contributed by atoms with Crippen LogP contribution >= 0.6 is 0 Å². The standard InChI is InChI=1S/C14H14N2O4/c1-9-3-5-12(16(18)19)7-13(9)20-14-6-4-11(8-15-14)10(2)17/h3-8,10,17H,1-2H3. The van der Waals surface area contributed by atoms with Crippen molar-refractivity contribution in [1.82, 2.24) is 4.98 Å². The lowest BCUT2D eigenvalue weighted by molar-refractivity contribution is -0.384. The highest BCUT2D eigenvalue weighted by Crippen LogP contribution is 2.28. The van der Waals surface area contributed by atoms with Crippen molar-refractivity contribution in [2.24, 2.45) is 0 Å². The van der Waals surface area contributed by atoms with Gasteiger partial charge in [-0.25, -0.2) is 4.98 Å². The lowest BCUT2D eigenvalue weighted by Crippen LogP contribution is -1.95. The number of aliphatic hydroxyl groups excluding tert-OH is 1. The monoisotopic (exact) mass is 274 g/mol. The summed E-state index contributed by atoms with van der Waals surface area (Å²) in [6.45, 7) is 3.44. The Kier molecular flexibility index (Phi) is 3.95. The summed E-state index contributed by atoms with van der Waals surface area (Å²) in [6, 6.07) is 7.71. The number of nitro benzene ring substituents is 1. The van der Waals surface area contributed by atoms with E-state index in [1.165, 1.54) is 18.3 Å². The van der Waals surface area contributed by atoms with E-state index >= 15 is 0 Å². The number of aromatic nitrogens is 1. The first kappa shape index (κ1) is 14.0. The van der Waals surface area contributed by atoms with E-state index in [4.69, 9.17) is 4.74 Å². The van der Waals surface area contributed by atoms with E-state index in [0.29, 0.717) is 17.2 Å². The van der Waals surface area contributed by atoms with E-state index in [1.807, 2.05) is 0 Å². The van der Waals surface area contributed by atoms with E-state index in [2.05, 4.69) is 4.98 Å². The van der Waals surface area contributed by atoms with Crippen molar-refractivity contribution in [1.29, 1.82) is 0 Å². The van der Waals surface area contributed by atoms with Crippen molar-refractivity contribution in [3.63, 3.8) is 0 Å². The molecule has 2 aromatic rings. The maximum atomic E-state index is 10.7. The van der Waals surface area contributed by atoms with Gasteiger partial charge >= 0.3 is 0 Å². The second kappa shape index (κ2) is 5.66. The Labute approximate surface area is 115 Å². The molecule has 0 bridgehead atoms. The molecule has 0 aliphatic heterocycles. The molecule has 20 heavy (non-hydrogen) atoms. The third-order valence-corrected chi connectivity index (χ3v) is 2.84. The molecule has 1 N–H and O–H groups in total. The SMILES string of the molecule is Cc1ccc([N+](=O)[O-])cc1Oc1ccc(C(C)O)cn1. The van der Waals surface area contributed by atoms with Gasteiger partial charge in [0.1, 0.15) is 5.75 Å². The molecule has 0 saturated carbocycles. The first-order valence-electron chi connectivity index (χ1n) is 6.04. The van der Waals surface area contributed by atoms with Crippen molar-refractivity contribution in [2.75, 3.05) is 0 Å². The number of non-ortho nitro benzene ring substituents is 1. The van der Waals surface area contributed by atoms with E-state index in [0.717, 1.165) is 5.56 Å². The number of rotatable bonds is 4. The summed E-state index contributed by atoms with van der Waals surface area (Å²) in [5, 5.41) is 20.1. The van der Waals surface area contributed by atoms with Crippen LogP contribution in [0.15, 0.2) is 36.5 Å². The Bertz CT molecular complexity index is 624. The van der Waals surface area contributed by atoms with Crippen molar-refractivity contribution in [3.05, 3.63) is 57.8 Å². The van der Waals surface area contributed by atoms with Crippen molar-refractivity contribution >= 4 is 5.69 Å². The van der Waals surface area contributed by atoms with Crippen LogP contribution in [0.25, 0.3) is 0 Å². The molecule has 2 rings (SSSR count). The first-order chi connectivity index (χ1) is 9.47. The fourth-order valence-corrected chi connectivity index (χ4v) is 1.62. The van der Waals surface area contributed by atoms with E-state index < -0.39 is 11.0 Å². The average Bonchev–Trinajstić information content (AvgIpc) is 2.41. The topological polar surface area (TPSA) is 85.5 Å². The Morgan fingerprint density at radius 3 is 2.65 bits per heavy atom. The lowest BCUT2D eigenvalue weighted by atomic mass is 10.2. The molecule has 0 aliphatic rings. The molecule has 0 radical (unpaired) electrons. The summed E-state index contributed by atoms with van der Waals surface area (Å²) in [5.74, 6) is 0.703. The number of nitrogens with zero attached hydrogens (tertiary/aromatic N) is 2. The van der Waals surface area contributed by atoms with E-state index in [1.54, 1.807) is 32.0 Å². The third-order valence-electron chi connectivity index (χ3n) is 2.84. The van der Waals surface area contributed by atoms with Gasteiger partial charge in [-0.05, 0) is 37.1 Å². The number of aliphatic hydroxyl groups is 1. The molecule has 0 saturated heterocycles. The maximum absolute atomic E-state index is 10.7. The van der Waals surface area contributed by atoms with Crippen LogP contribution in [0.5, 0.6) is 11.6 Å². The Morgan fingerprint density at radius 2 is 2.10 bits per heavy atom. The molecule has 1 heterocycles. The van der Waals surface area contributed by atoms with Crippen molar-refractivity contribution in [3.8, 4) is 11.6 Å². The number of nitro groups is 1. The molecule has 6 nitrogen and oxygen atoms in total. The fraction of sp³-hybridized carbons (Fsp3) is 0.214. The second-order valence-corrected chi connectivity index (χ2v) is 4.41. The summed E-state index contributed by atoms with van der Waals surface area (Å²) in [7, 11) is 0. The summed E-state index contributed by atoms with van der Waals surface area (Å²) >= 11 is 0. The van der Waals surface area contributed by atoms with Gasteiger partial charge in [-0.15, -0.1) is 0 Å². The predicted octanol–water partition coefficient (Wildman–Crippen LogP) is 3.14. The minimum atomic E-state index is -0.601. The molecule has 1 aromatic carbocycles. The number of benzene rings is 1. The van der Waals surface area contributed by atoms with Crippen molar-refractivity contribution in [2.45, 2.75) is 20.0 Å². The Balaban J connectivity index is 2.25. The smallest absolute Gasteiger partial charge is 0.273 e. The Morgan fingerprint density at radius 1 is 1.35 bits per heavy atom. The van der Waals surface area contributed by atoms with Gasteiger partial charge in [0.15, 0.2) is 0 Å². The molecule has 104 valence electrons. The van der Waals surface area contributed by atoms with E-state index in [9.17, 15) is 15.2 Å². The van der Waals surface area contributed by atoms with Gasteiger partial charge in [-0.3, -0.25) is 10.1 Å². The van der Waals surface area contributed by atoms with Gasteiger partial charge in [0.2, 0.25) is 5.88 Å². The summed E-state index contributed by atoms with van der Waals surface area (Å²) in [5.41, 5.74) is 1.41. The lowest BCUT2D eigenvalue weighted by Gasteiger charge is -2.09. The first-order valence-corrected chi connectivity index (χ1v) is 6.04. The average molecular weight is 274 g/mol. The Hall–Kier alpha value is -2.47. The summed E-state index contributed by atoms with van der Waals surface area (Å²) in [6.07, 6.45) is 0.906. The molecule has 1 unspecified atom stereocenters. The van der Waals surface area contributed by atoms with Gasteiger partial charge in [0.05, 0.1) is 17.1 Å². The molecule has 6 heteroatoms. The highest BCUT2D eigenvalue weighted by atomic mass is 16.6. The van der Waals surface area contributed by atoms with E-state index in [-0.39, 0.29) is 5.69 Å². The van der Waals surface area contributed by atoms with Gasteiger partial charge < -0.3 is 9.84 Å². The van der Waals surface area contributed by atoms with Crippen LogP contribution in [-0.4, -0.2) is 15.0 Å². The van der Waals surface area contributed by atoms with Crippen LogP contribution in [0.1, 0.15) is 24.2 Å². The van der Waals surface area contributed by atoms with Gasteiger partial charge in [0, 0.05) is 18.3 Å². The minimum absolute atomic E-state index is 0.0359. The number of aryl methyl sites for hydroxylation is 1.